The first-order valence-electron chi connectivity index (χ1n) is 13.9. The Kier molecular flexibility index (Phi) is 8.51. The Morgan fingerprint density at radius 2 is 1.39 bits per heavy atom. The van der Waals surface area contributed by atoms with Gasteiger partial charge in [0.1, 0.15) is 0 Å². The lowest BCUT2D eigenvalue weighted by atomic mass is 10.0. The van der Waals surface area contributed by atoms with Crippen LogP contribution in [0.25, 0.3) is 16.8 Å². The molecule has 6 nitrogen and oxygen atoms in total. The molecule has 1 aliphatic heterocycles. The van der Waals surface area contributed by atoms with Gasteiger partial charge >= 0.3 is 0 Å². The lowest BCUT2D eigenvalue weighted by Crippen LogP contribution is -2.36. The van der Waals surface area contributed by atoms with E-state index in [1.54, 1.807) is 0 Å². The molecule has 4 aromatic rings. The second-order valence-corrected chi connectivity index (χ2v) is 10.0. The third-order valence-corrected chi connectivity index (χ3v) is 7.58. The van der Waals surface area contributed by atoms with Gasteiger partial charge < -0.3 is 14.5 Å². The molecule has 3 aromatic carbocycles. The zero-order valence-electron chi connectivity index (χ0n) is 22.9. The summed E-state index contributed by atoms with van der Waals surface area (Å²) >= 11 is 0. The topological polar surface area (TPSA) is 46.4 Å². The number of hydrogen-bond acceptors (Lipinski definition) is 5. The van der Waals surface area contributed by atoms with Crippen LogP contribution in [0.1, 0.15) is 36.4 Å². The van der Waals surface area contributed by atoms with E-state index in [1.807, 2.05) is 4.68 Å². The maximum atomic E-state index is 5.49. The molecule has 1 aromatic heterocycles. The Labute approximate surface area is 226 Å². The van der Waals surface area contributed by atoms with Crippen molar-refractivity contribution in [3.63, 3.8) is 0 Å². The average Bonchev–Trinajstić information content (AvgIpc) is 3.37. The number of ether oxygens (including phenoxy) is 1. The molecule has 0 aliphatic carbocycles. The maximum Gasteiger partial charge on any atom is 0.0880 e. The number of nitrogens with zero attached hydrogens (tertiary/aromatic N) is 5. The number of aromatic nitrogens is 3. The van der Waals surface area contributed by atoms with Gasteiger partial charge in [0.2, 0.25) is 0 Å². The monoisotopic (exact) mass is 509 g/mol. The van der Waals surface area contributed by atoms with Gasteiger partial charge in [0.05, 0.1) is 30.3 Å². The lowest BCUT2D eigenvalue weighted by molar-refractivity contribution is 0.122. The lowest BCUT2D eigenvalue weighted by Gasteiger charge is -2.28. The standard InChI is InChI=1S/C32H39N5O/c1-4-35(5-2)19-18-31-32(37(34-33-31)30-14-6-25(3)7-15-30)24-26-8-10-27(11-9-26)28-12-16-29(17-13-28)36-20-22-38-23-21-36/h6-17H,4-5,18-24H2,1-3H3. The number of morpholine rings is 1. The number of likely N-dealkylation sites (N-methyl/N-ethyl adjacent to an activating group) is 1. The largest absolute Gasteiger partial charge is 0.378 e. The number of benzene rings is 3. The van der Waals surface area contributed by atoms with E-state index in [0.29, 0.717) is 0 Å². The van der Waals surface area contributed by atoms with E-state index >= 15 is 0 Å². The van der Waals surface area contributed by atoms with Gasteiger partial charge in [0, 0.05) is 38.2 Å². The van der Waals surface area contributed by atoms with Crippen LogP contribution in [0.3, 0.4) is 0 Å². The van der Waals surface area contributed by atoms with Gasteiger partial charge in [-0.1, -0.05) is 73.2 Å². The molecule has 6 heteroatoms. The van der Waals surface area contributed by atoms with Crippen molar-refractivity contribution in [3.8, 4) is 16.8 Å². The summed E-state index contributed by atoms with van der Waals surface area (Å²) in [6.45, 7) is 13.1. The van der Waals surface area contributed by atoms with E-state index in [4.69, 9.17) is 4.74 Å². The van der Waals surface area contributed by atoms with Gasteiger partial charge in [-0.25, -0.2) is 4.68 Å². The summed E-state index contributed by atoms with van der Waals surface area (Å²) in [5, 5.41) is 9.23. The molecule has 198 valence electrons. The van der Waals surface area contributed by atoms with Gasteiger partial charge in [0.25, 0.3) is 0 Å². The summed E-state index contributed by atoms with van der Waals surface area (Å²) in [7, 11) is 0. The van der Waals surface area contributed by atoms with Crippen LogP contribution in [0.2, 0.25) is 0 Å². The van der Waals surface area contributed by atoms with Crippen LogP contribution < -0.4 is 4.90 Å². The third-order valence-electron chi connectivity index (χ3n) is 7.58. The Morgan fingerprint density at radius 1 is 0.789 bits per heavy atom. The molecule has 0 radical (unpaired) electrons. The van der Waals surface area contributed by atoms with Crippen LogP contribution in [0.4, 0.5) is 5.69 Å². The highest BCUT2D eigenvalue weighted by atomic mass is 16.5. The molecule has 0 saturated carbocycles. The van der Waals surface area contributed by atoms with Crippen LogP contribution >= 0.6 is 0 Å². The first-order chi connectivity index (χ1) is 18.6. The molecule has 38 heavy (non-hydrogen) atoms. The normalized spacial score (nSPS) is 13.8. The number of hydrogen-bond donors (Lipinski definition) is 0. The molecule has 5 rings (SSSR count). The first-order valence-corrected chi connectivity index (χ1v) is 13.9. The Hall–Kier alpha value is -3.48. The molecule has 1 aliphatic rings. The molecular formula is C32H39N5O. The van der Waals surface area contributed by atoms with Crippen molar-refractivity contribution in [1.82, 2.24) is 19.9 Å². The summed E-state index contributed by atoms with van der Waals surface area (Å²) in [5.41, 5.74) is 9.55. The zero-order valence-corrected chi connectivity index (χ0v) is 22.9. The fourth-order valence-electron chi connectivity index (χ4n) is 5.10. The fraction of sp³-hybridized carbons (Fsp3) is 0.375. The molecule has 1 saturated heterocycles. The van der Waals surface area contributed by atoms with Crippen LogP contribution in [0.5, 0.6) is 0 Å². The minimum atomic E-state index is 0.796. The maximum absolute atomic E-state index is 5.49. The minimum Gasteiger partial charge on any atom is -0.378 e. The van der Waals surface area contributed by atoms with Gasteiger partial charge in [-0.2, -0.15) is 0 Å². The second-order valence-electron chi connectivity index (χ2n) is 10.0. The molecular weight excluding hydrogens is 470 g/mol. The van der Waals surface area contributed by atoms with Gasteiger partial charge in [-0.05, 0) is 61.0 Å². The Morgan fingerprint density at radius 3 is 2.03 bits per heavy atom. The van der Waals surface area contributed by atoms with E-state index in [9.17, 15) is 0 Å². The molecule has 0 atom stereocenters. The van der Waals surface area contributed by atoms with Crippen molar-refractivity contribution in [1.29, 1.82) is 0 Å². The predicted octanol–water partition coefficient (Wildman–Crippen LogP) is 5.55. The second kappa shape index (κ2) is 12.4. The first kappa shape index (κ1) is 26.1. The number of anilines is 1. The molecule has 0 unspecified atom stereocenters. The van der Waals surface area contributed by atoms with Gasteiger partial charge in [0.15, 0.2) is 0 Å². The van der Waals surface area contributed by atoms with Crippen molar-refractivity contribution in [2.24, 2.45) is 0 Å². The van der Waals surface area contributed by atoms with Crippen molar-refractivity contribution >= 4 is 5.69 Å². The highest BCUT2D eigenvalue weighted by Gasteiger charge is 2.16. The predicted molar refractivity (Wildman–Crippen MR) is 155 cm³/mol. The van der Waals surface area contributed by atoms with Crippen molar-refractivity contribution < 1.29 is 4.74 Å². The van der Waals surface area contributed by atoms with Crippen LogP contribution in [-0.4, -0.2) is 65.8 Å². The van der Waals surface area contributed by atoms with E-state index in [1.165, 1.54) is 33.6 Å². The summed E-state index contributed by atoms with van der Waals surface area (Å²) < 4.78 is 7.51. The van der Waals surface area contributed by atoms with E-state index < -0.39 is 0 Å². The van der Waals surface area contributed by atoms with Gasteiger partial charge in [-0.15, -0.1) is 5.10 Å². The highest BCUT2D eigenvalue weighted by molar-refractivity contribution is 5.66. The van der Waals surface area contributed by atoms with Gasteiger partial charge in [-0.3, -0.25) is 0 Å². The molecule has 0 N–H and O–H groups in total. The van der Waals surface area contributed by atoms with E-state index in [2.05, 4.69) is 114 Å². The van der Waals surface area contributed by atoms with E-state index in [0.717, 1.165) is 70.2 Å². The van der Waals surface area contributed by atoms with Crippen molar-refractivity contribution in [3.05, 3.63) is 95.3 Å². The molecule has 0 amide bonds. The third kappa shape index (κ3) is 6.14. The van der Waals surface area contributed by atoms with Crippen molar-refractivity contribution in [2.45, 2.75) is 33.6 Å². The molecule has 0 spiro atoms. The van der Waals surface area contributed by atoms with Crippen LogP contribution in [0.15, 0.2) is 72.8 Å². The van der Waals surface area contributed by atoms with Crippen molar-refractivity contribution in [2.75, 3.05) is 50.8 Å². The SMILES string of the molecule is CCN(CC)CCc1nnn(-c2ccc(C)cc2)c1Cc1ccc(-c2ccc(N3CCOCC3)cc2)cc1. The average molecular weight is 510 g/mol. The highest BCUT2D eigenvalue weighted by Crippen LogP contribution is 2.25. The number of rotatable bonds is 10. The van der Waals surface area contributed by atoms with E-state index in [-0.39, 0.29) is 0 Å². The fourth-order valence-corrected chi connectivity index (χ4v) is 5.10. The summed E-state index contributed by atoms with van der Waals surface area (Å²) in [5.74, 6) is 0. The van der Waals surface area contributed by atoms with Crippen LogP contribution in [0, 0.1) is 6.92 Å². The smallest absolute Gasteiger partial charge is 0.0880 e. The molecule has 1 fully saturated rings. The summed E-state index contributed by atoms with van der Waals surface area (Å²) in [4.78, 5) is 4.83. The zero-order chi connectivity index (χ0) is 26.3. The summed E-state index contributed by atoms with van der Waals surface area (Å²) in [6, 6.07) is 26.4. The van der Waals surface area contributed by atoms with Crippen LogP contribution in [-0.2, 0) is 17.6 Å². The quantitative estimate of drug-likeness (QED) is 0.280. The molecule has 2 heterocycles. The number of aryl methyl sites for hydroxylation is 1. The Balaban J connectivity index is 1.35. The summed E-state index contributed by atoms with van der Waals surface area (Å²) in [6.07, 6.45) is 1.70. The Bertz CT molecular complexity index is 1290. The minimum absolute atomic E-state index is 0.796. The molecule has 0 bridgehead atoms.